The van der Waals surface area contributed by atoms with Gasteiger partial charge in [-0.2, -0.15) is 0 Å². The van der Waals surface area contributed by atoms with Crippen LogP contribution in [0.3, 0.4) is 0 Å². The van der Waals surface area contributed by atoms with Gasteiger partial charge in [0.25, 0.3) is 15.9 Å². The lowest BCUT2D eigenvalue weighted by Gasteiger charge is -2.08. The van der Waals surface area contributed by atoms with E-state index in [0.717, 1.165) is 33.4 Å². The largest absolute Gasteiger partial charge is 0.461 e. The minimum Gasteiger partial charge on any atom is -0.461 e. The number of carbonyl (C=O) groups excluding carboxylic acids is 1. The summed E-state index contributed by atoms with van der Waals surface area (Å²) >= 11 is 0. The molecule has 4 aromatic carbocycles. The second kappa shape index (κ2) is 9.24. The lowest BCUT2D eigenvalue weighted by molar-refractivity contribution is 0.0981. The van der Waals surface area contributed by atoms with Gasteiger partial charge in [-0.3, -0.25) is 4.79 Å². The van der Waals surface area contributed by atoms with Gasteiger partial charge in [-0.15, -0.1) is 0 Å². The fourth-order valence-electron chi connectivity index (χ4n) is 4.12. The van der Waals surface area contributed by atoms with Crippen LogP contribution in [0.2, 0.25) is 0 Å². The molecule has 1 aromatic heterocycles. The molecule has 174 valence electrons. The molecular formula is C29H23NO4S. The van der Waals surface area contributed by atoms with E-state index in [9.17, 15) is 13.2 Å². The zero-order valence-corrected chi connectivity index (χ0v) is 19.9. The number of nitrogens with one attached hydrogen (secondary N) is 1. The van der Waals surface area contributed by atoms with Gasteiger partial charge >= 0.3 is 0 Å². The second-order valence-corrected chi connectivity index (χ2v) is 10.0. The van der Waals surface area contributed by atoms with Crippen molar-refractivity contribution in [3.63, 3.8) is 0 Å². The molecular weight excluding hydrogens is 458 g/mol. The fraction of sp³-hybridized carbons (Fsp3) is 0.0690. The van der Waals surface area contributed by atoms with Gasteiger partial charge in [-0.1, -0.05) is 72.8 Å². The van der Waals surface area contributed by atoms with Crippen LogP contribution in [0.4, 0.5) is 0 Å². The Morgan fingerprint density at radius 3 is 2.11 bits per heavy atom. The molecule has 0 atom stereocenters. The molecule has 5 rings (SSSR count). The summed E-state index contributed by atoms with van der Waals surface area (Å²) in [6.07, 6.45) is 0.626. The number of aryl methyl sites for hydroxylation is 1. The van der Waals surface area contributed by atoms with Crippen molar-refractivity contribution in [2.75, 3.05) is 0 Å². The highest BCUT2D eigenvalue weighted by molar-refractivity contribution is 7.90. The van der Waals surface area contributed by atoms with Crippen molar-refractivity contribution in [2.24, 2.45) is 0 Å². The molecule has 0 aliphatic rings. The standard InChI is InChI=1S/C29H23NO4S/c1-20-26(18-21-12-14-23(15-13-21)22-8-4-2-5-9-22)27-19-24(16-17-28(27)34-20)29(31)30-35(32,33)25-10-6-3-7-11-25/h2-17,19H,18H2,1H3,(H,30,31). The average Bonchev–Trinajstić information content (AvgIpc) is 3.19. The summed E-state index contributed by atoms with van der Waals surface area (Å²) < 4.78 is 33.2. The van der Waals surface area contributed by atoms with Gasteiger partial charge in [0.15, 0.2) is 0 Å². The summed E-state index contributed by atoms with van der Waals surface area (Å²) in [5, 5.41) is 0.791. The van der Waals surface area contributed by atoms with Crippen LogP contribution in [0.5, 0.6) is 0 Å². The van der Waals surface area contributed by atoms with Crippen LogP contribution in [0.15, 0.2) is 112 Å². The number of sulfonamides is 1. The maximum atomic E-state index is 12.8. The van der Waals surface area contributed by atoms with Crippen molar-refractivity contribution in [3.8, 4) is 11.1 Å². The van der Waals surface area contributed by atoms with Gasteiger partial charge < -0.3 is 4.42 Å². The molecule has 0 spiro atoms. The Hall–Kier alpha value is -4.16. The SMILES string of the molecule is Cc1oc2ccc(C(=O)NS(=O)(=O)c3ccccc3)cc2c1Cc1ccc(-c2ccccc2)cc1. The van der Waals surface area contributed by atoms with Crippen molar-refractivity contribution >= 4 is 26.9 Å². The lowest BCUT2D eigenvalue weighted by atomic mass is 9.98. The topological polar surface area (TPSA) is 76.4 Å². The maximum absolute atomic E-state index is 12.8. The van der Waals surface area contributed by atoms with Crippen molar-refractivity contribution in [1.29, 1.82) is 0 Å². The van der Waals surface area contributed by atoms with Crippen molar-refractivity contribution in [3.05, 3.63) is 126 Å². The van der Waals surface area contributed by atoms with E-state index < -0.39 is 15.9 Å². The number of hydrogen-bond donors (Lipinski definition) is 1. The molecule has 0 aliphatic heterocycles. The summed E-state index contributed by atoms with van der Waals surface area (Å²) in [4.78, 5) is 12.8. The molecule has 0 aliphatic carbocycles. The highest BCUT2D eigenvalue weighted by Crippen LogP contribution is 2.29. The van der Waals surface area contributed by atoms with Crippen LogP contribution in [0.1, 0.15) is 27.2 Å². The fourth-order valence-corrected chi connectivity index (χ4v) is 5.12. The average molecular weight is 482 g/mol. The quantitative estimate of drug-likeness (QED) is 0.317. The van der Waals surface area contributed by atoms with Crippen LogP contribution in [-0.4, -0.2) is 14.3 Å². The van der Waals surface area contributed by atoms with Gasteiger partial charge in [0, 0.05) is 22.9 Å². The zero-order valence-electron chi connectivity index (χ0n) is 19.1. The molecule has 0 saturated heterocycles. The molecule has 1 heterocycles. The molecule has 5 aromatic rings. The van der Waals surface area contributed by atoms with E-state index in [0.29, 0.717) is 12.0 Å². The summed E-state index contributed by atoms with van der Waals surface area (Å²) in [6, 6.07) is 31.3. The second-order valence-electron chi connectivity index (χ2n) is 8.34. The smallest absolute Gasteiger partial charge is 0.265 e. The monoisotopic (exact) mass is 481 g/mol. The van der Waals surface area contributed by atoms with E-state index in [1.165, 1.54) is 12.1 Å². The van der Waals surface area contributed by atoms with Crippen molar-refractivity contribution < 1.29 is 17.6 Å². The zero-order chi connectivity index (χ0) is 24.4. The van der Waals surface area contributed by atoms with E-state index in [1.54, 1.807) is 36.4 Å². The minimum absolute atomic E-state index is 0.0354. The first-order valence-corrected chi connectivity index (χ1v) is 12.7. The first-order valence-electron chi connectivity index (χ1n) is 11.2. The molecule has 0 bridgehead atoms. The van der Waals surface area contributed by atoms with Crippen molar-refractivity contribution in [2.45, 2.75) is 18.2 Å². The number of furan rings is 1. The molecule has 0 fully saturated rings. The summed E-state index contributed by atoms with van der Waals surface area (Å²) in [7, 11) is -3.96. The van der Waals surface area contributed by atoms with Gasteiger partial charge in [0.2, 0.25) is 0 Å². The van der Waals surface area contributed by atoms with Crippen LogP contribution in [0.25, 0.3) is 22.1 Å². The number of amides is 1. The minimum atomic E-state index is -3.96. The van der Waals surface area contributed by atoms with E-state index in [-0.39, 0.29) is 10.5 Å². The predicted octanol–water partition coefficient (Wildman–Crippen LogP) is 6.12. The van der Waals surface area contributed by atoms with Crippen LogP contribution < -0.4 is 4.72 Å². The van der Waals surface area contributed by atoms with Crippen molar-refractivity contribution in [1.82, 2.24) is 4.72 Å². The van der Waals surface area contributed by atoms with E-state index in [4.69, 9.17) is 4.42 Å². The number of benzene rings is 4. The molecule has 5 nitrogen and oxygen atoms in total. The van der Waals surface area contributed by atoms with Gasteiger partial charge in [-0.05, 0) is 53.9 Å². The normalized spacial score (nSPS) is 11.5. The van der Waals surface area contributed by atoms with Crippen LogP contribution in [0, 0.1) is 6.92 Å². The number of fused-ring (bicyclic) bond motifs is 1. The van der Waals surface area contributed by atoms with E-state index in [2.05, 4.69) is 41.1 Å². The third kappa shape index (κ3) is 4.74. The number of carbonyl (C=O) groups is 1. The molecule has 0 saturated carbocycles. The predicted molar refractivity (Wildman–Crippen MR) is 137 cm³/mol. The summed E-state index contributed by atoms with van der Waals surface area (Å²) in [6.45, 7) is 1.90. The highest BCUT2D eigenvalue weighted by atomic mass is 32.2. The number of rotatable bonds is 6. The molecule has 0 radical (unpaired) electrons. The highest BCUT2D eigenvalue weighted by Gasteiger charge is 2.20. The van der Waals surface area contributed by atoms with Gasteiger partial charge in [0.1, 0.15) is 11.3 Å². The first-order chi connectivity index (χ1) is 16.9. The van der Waals surface area contributed by atoms with Gasteiger partial charge in [-0.25, -0.2) is 13.1 Å². The maximum Gasteiger partial charge on any atom is 0.265 e. The Balaban J connectivity index is 1.41. The van der Waals surface area contributed by atoms with E-state index >= 15 is 0 Å². The van der Waals surface area contributed by atoms with Crippen LogP contribution >= 0.6 is 0 Å². The Bertz CT molecular complexity index is 1600. The molecule has 35 heavy (non-hydrogen) atoms. The molecule has 6 heteroatoms. The lowest BCUT2D eigenvalue weighted by Crippen LogP contribution is -2.30. The third-order valence-electron chi connectivity index (χ3n) is 5.98. The first kappa shape index (κ1) is 22.6. The van der Waals surface area contributed by atoms with E-state index in [1.807, 2.05) is 25.1 Å². The molecule has 1 amide bonds. The summed E-state index contributed by atoms with van der Waals surface area (Å²) in [5.41, 5.74) is 5.27. The Kier molecular flexibility index (Phi) is 5.97. The van der Waals surface area contributed by atoms with Gasteiger partial charge in [0.05, 0.1) is 4.90 Å². The summed E-state index contributed by atoms with van der Waals surface area (Å²) in [5.74, 6) is 0.0781. The Morgan fingerprint density at radius 2 is 1.43 bits per heavy atom. The Morgan fingerprint density at radius 1 is 0.800 bits per heavy atom. The Labute approximate surface area is 204 Å². The van der Waals surface area contributed by atoms with Crippen LogP contribution in [-0.2, 0) is 16.4 Å². The third-order valence-corrected chi connectivity index (χ3v) is 7.32. The molecule has 1 N–H and O–H groups in total. The molecule has 0 unspecified atom stereocenters. The number of hydrogen-bond acceptors (Lipinski definition) is 4.